The lowest BCUT2D eigenvalue weighted by Crippen LogP contribution is -2.54. The van der Waals surface area contributed by atoms with Gasteiger partial charge in [0.05, 0.1) is 22.5 Å². The molecule has 1 fully saturated rings. The van der Waals surface area contributed by atoms with Gasteiger partial charge in [-0.3, -0.25) is 13.9 Å². The van der Waals surface area contributed by atoms with Gasteiger partial charge in [-0.2, -0.15) is 13.2 Å². The van der Waals surface area contributed by atoms with Crippen LogP contribution in [0.5, 0.6) is 0 Å². The van der Waals surface area contributed by atoms with Gasteiger partial charge < -0.3 is 10.2 Å². The fraction of sp³-hybridized carbons (Fsp3) is 0.481. The first-order valence-electron chi connectivity index (χ1n) is 13.0. The number of carbonyl (C=O) groups is 2. The first-order chi connectivity index (χ1) is 19.1. The molecule has 0 spiro atoms. The topological polar surface area (TPSA) is 86.8 Å². The van der Waals surface area contributed by atoms with E-state index < -0.39 is 51.9 Å². The molecule has 41 heavy (non-hydrogen) atoms. The number of benzene rings is 2. The van der Waals surface area contributed by atoms with Crippen molar-refractivity contribution in [2.45, 2.75) is 70.3 Å². The number of hydrogen-bond donors (Lipinski definition) is 1. The third-order valence-corrected chi connectivity index (χ3v) is 8.95. The molecule has 0 heterocycles. The minimum atomic E-state index is -4.78. The van der Waals surface area contributed by atoms with Gasteiger partial charge >= 0.3 is 6.18 Å². The van der Waals surface area contributed by atoms with Crippen LogP contribution < -0.4 is 9.62 Å². The Labute approximate surface area is 253 Å². The highest BCUT2D eigenvalue weighted by Crippen LogP contribution is 2.36. The van der Waals surface area contributed by atoms with Gasteiger partial charge in [-0.25, -0.2) is 8.42 Å². The number of rotatable bonds is 10. The van der Waals surface area contributed by atoms with Crippen LogP contribution in [-0.2, 0) is 32.3 Å². The molecule has 0 saturated heterocycles. The van der Waals surface area contributed by atoms with E-state index in [4.69, 9.17) is 34.8 Å². The van der Waals surface area contributed by atoms with E-state index in [-0.39, 0.29) is 29.1 Å². The number of alkyl halides is 3. The third-order valence-electron chi connectivity index (χ3n) is 6.91. The van der Waals surface area contributed by atoms with Gasteiger partial charge in [-0.1, -0.05) is 67.1 Å². The predicted molar refractivity (Wildman–Crippen MR) is 155 cm³/mol. The van der Waals surface area contributed by atoms with E-state index >= 15 is 0 Å². The fourth-order valence-electron chi connectivity index (χ4n) is 4.77. The zero-order chi connectivity index (χ0) is 30.5. The number of carbonyl (C=O) groups excluding carboxylic acids is 2. The van der Waals surface area contributed by atoms with Crippen LogP contribution in [0, 0.1) is 0 Å². The van der Waals surface area contributed by atoms with Crippen molar-refractivity contribution in [3.05, 3.63) is 62.6 Å². The average Bonchev–Trinajstić information content (AvgIpc) is 2.88. The quantitative estimate of drug-likeness (QED) is 0.309. The van der Waals surface area contributed by atoms with Crippen molar-refractivity contribution >= 4 is 62.3 Å². The lowest BCUT2D eigenvalue weighted by molar-refractivity contribution is -0.140. The summed E-state index contributed by atoms with van der Waals surface area (Å²) in [5.41, 5.74) is -1.21. The summed E-state index contributed by atoms with van der Waals surface area (Å²) in [5.74, 6) is -1.25. The van der Waals surface area contributed by atoms with E-state index in [1.54, 1.807) is 19.1 Å². The summed E-state index contributed by atoms with van der Waals surface area (Å²) >= 11 is 18.5. The van der Waals surface area contributed by atoms with Crippen LogP contribution in [-0.4, -0.2) is 50.0 Å². The largest absolute Gasteiger partial charge is 0.416 e. The van der Waals surface area contributed by atoms with Gasteiger partial charge in [0.15, 0.2) is 0 Å². The highest BCUT2D eigenvalue weighted by Gasteiger charge is 2.36. The van der Waals surface area contributed by atoms with Crippen LogP contribution in [0.1, 0.15) is 56.6 Å². The van der Waals surface area contributed by atoms with Gasteiger partial charge in [0.2, 0.25) is 21.8 Å². The van der Waals surface area contributed by atoms with Gasteiger partial charge in [0.1, 0.15) is 12.6 Å². The van der Waals surface area contributed by atoms with Crippen molar-refractivity contribution in [3.8, 4) is 0 Å². The van der Waals surface area contributed by atoms with Crippen LogP contribution in [0.25, 0.3) is 0 Å². The van der Waals surface area contributed by atoms with E-state index in [1.807, 2.05) is 0 Å². The summed E-state index contributed by atoms with van der Waals surface area (Å²) in [6.45, 7) is 0.616. The standard InChI is InChI=1S/C27H31Cl3F3N3O4S/c1-3-23(26(38)34-20-7-5-4-6-8-20)35(15-17-9-11-19(28)14-22(17)30)25(37)16-36(41(2,39)40)24-13-18(27(31,32)33)10-12-21(24)29/h9-14,20,23H,3-8,15-16H2,1-2H3,(H,34,38)/t23-/m0/s1. The van der Waals surface area contributed by atoms with E-state index in [0.29, 0.717) is 27.0 Å². The molecule has 0 unspecified atom stereocenters. The molecule has 2 amide bonds. The Kier molecular flexibility index (Phi) is 11.2. The Bertz CT molecular complexity index is 1370. The van der Waals surface area contributed by atoms with Crippen LogP contribution >= 0.6 is 34.8 Å². The van der Waals surface area contributed by atoms with Crippen LogP contribution in [0.3, 0.4) is 0 Å². The van der Waals surface area contributed by atoms with E-state index in [0.717, 1.165) is 44.4 Å². The highest BCUT2D eigenvalue weighted by atomic mass is 35.5. The molecule has 1 aliphatic rings. The minimum absolute atomic E-state index is 0.0576. The fourth-order valence-corrected chi connectivity index (χ4v) is 6.36. The molecule has 0 bridgehead atoms. The van der Waals surface area contributed by atoms with Gasteiger partial charge in [-0.05, 0) is 55.2 Å². The molecule has 7 nitrogen and oxygen atoms in total. The molecule has 1 atom stereocenters. The maximum atomic E-state index is 13.9. The first-order valence-corrected chi connectivity index (χ1v) is 16.0. The lowest BCUT2D eigenvalue weighted by Gasteiger charge is -2.34. The molecule has 3 rings (SSSR count). The normalized spacial score (nSPS) is 15.3. The minimum Gasteiger partial charge on any atom is -0.352 e. The maximum absolute atomic E-state index is 13.9. The van der Waals surface area contributed by atoms with E-state index in [9.17, 15) is 31.2 Å². The van der Waals surface area contributed by atoms with Gasteiger partial charge in [-0.15, -0.1) is 0 Å². The second-order valence-corrected chi connectivity index (χ2v) is 13.1. The summed E-state index contributed by atoms with van der Waals surface area (Å²) in [6.07, 6.45) is 0.752. The maximum Gasteiger partial charge on any atom is 0.416 e. The van der Waals surface area contributed by atoms with Gasteiger partial charge in [0, 0.05) is 22.6 Å². The molecular formula is C27H31Cl3F3N3O4S. The van der Waals surface area contributed by atoms with Gasteiger partial charge in [0.25, 0.3) is 0 Å². The molecule has 0 radical (unpaired) electrons. The van der Waals surface area contributed by atoms with Crippen molar-refractivity contribution in [3.63, 3.8) is 0 Å². The number of sulfonamides is 1. The van der Waals surface area contributed by atoms with Crippen LogP contribution in [0.4, 0.5) is 18.9 Å². The summed E-state index contributed by atoms with van der Waals surface area (Å²) < 4.78 is 66.4. The summed E-state index contributed by atoms with van der Waals surface area (Å²) in [5, 5.41) is 3.27. The molecule has 1 N–H and O–H groups in total. The molecular weight excluding hydrogens is 626 g/mol. The van der Waals surface area contributed by atoms with Crippen LogP contribution in [0.15, 0.2) is 36.4 Å². The molecule has 14 heteroatoms. The number of amides is 2. The summed E-state index contributed by atoms with van der Waals surface area (Å²) in [4.78, 5) is 28.5. The van der Waals surface area contributed by atoms with Crippen molar-refractivity contribution in [1.82, 2.24) is 10.2 Å². The summed E-state index contributed by atoms with van der Waals surface area (Å²) in [6, 6.07) is 5.73. The lowest BCUT2D eigenvalue weighted by atomic mass is 9.95. The number of halogens is 6. The second kappa shape index (κ2) is 13.8. The van der Waals surface area contributed by atoms with Crippen molar-refractivity contribution in [1.29, 1.82) is 0 Å². The average molecular weight is 657 g/mol. The Hall–Kier alpha value is -2.21. The zero-order valence-corrected chi connectivity index (χ0v) is 25.6. The molecule has 2 aromatic carbocycles. The monoisotopic (exact) mass is 655 g/mol. The predicted octanol–water partition coefficient (Wildman–Crippen LogP) is 6.69. The molecule has 1 aliphatic carbocycles. The van der Waals surface area contributed by atoms with Crippen molar-refractivity contribution in [2.24, 2.45) is 0 Å². The SMILES string of the molecule is CC[C@@H](C(=O)NC1CCCCC1)N(Cc1ccc(Cl)cc1Cl)C(=O)CN(c1cc(C(F)(F)F)ccc1Cl)S(C)(=O)=O. The molecule has 0 aromatic heterocycles. The Morgan fingerprint density at radius 3 is 2.24 bits per heavy atom. The zero-order valence-electron chi connectivity index (χ0n) is 22.5. The summed E-state index contributed by atoms with van der Waals surface area (Å²) in [7, 11) is -4.30. The number of hydrogen-bond acceptors (Lipinski definition) is 4. The Morgan fingerprint density at radius 2 is 1.68 bits per heavy atom. The molecule has 226 valence electrons. The number of nitrogens with zero attached hydrogens (tertiary/aromatic N) is 2. The van der Waals surface area contributed by atoms with Crippen molar-refractivity contribution in [2.75, 3.05) is 17.1 Å². The van der Waals surface area contributed by atoms with Crippen LogP contribution in [0.2, 0.25) is 15.1 Å². The highest BCUT2D eigenvalue weighted by molar-refractivity contribution is 7.92. The molecule has 0 aliphatic heterocycles. The number of anilines is 1. The Balaban J connectivity index is 2.01. The third kappa shape index (κ3) is 8.89. The van der Waals surface area contributed by atoms with E-state index in [1.165, 1.54) is 11.0 Å². The smallest absolute Gasteiger partial charge is 0.352 e. The van der Waals surface area contributed by atoms with Crippen molar-refractivity contribution < 1.29 is 31.2 Å². The Morgan fingerprint density at radius 1 is 1.02 bits per heavy atom. The second-order valence-electron chi connectivity index (χ2n) is 9.96. The first kappa shape index (κ1) is 33.3. The number of nitrogens with one attached hydrogen (secondary N) is 1. The molecule has 1 saturated carbocycles. The molecule has 2 aromatic rings. The van der Waals surface area contributed by atoms with E-state index in [2.05, 4.69) is 5.32 Å².